The average Bonchev–Trinajstić information content (AvgIpc) is 2.40. The second-order valence-electron chi connectivity index (χ2n) is 5.72. The minimum Gasteiger partial charge on any atom is -0.490 e. The van der Waals surface area contributed by atoms with Gasteiger partial charge in [0.05, 0.1) is 0 Å². The van der Waals surface area contributed by atoms with E-state index in [-0.39, 0.29) is 5.41 Å². The number of halogens is 1. The van der Waals surface area contributed by atoms with E-state index in [1.54, 1.807) is 0 Å². The van der Waals surface area contributed by atoms with E-state index in [9.17, 15) is 0 Å². The van der Waals surface area contributed by atoms with Crippen LogP contribution in [0.4, 0.5) is 0 Å². The van der Waals surface area contributed by atoms with Crippen LogP contribution in [0.25, 0.3) is 0 Å². The minimum absolute atomic E-state index is 0.226. The Morgan fingerprint density at radius 1 is 1.42 bits per heavy atom. The number of ether oxygens (including phenoxy) is 1. The monoisotopic (exact) mass is 281 g/mol. The van der Waals surface area contributed by atoms with Gasteiger partial charge in [-0.1, -0.05) is 32.4 Å². The molecule has 3 heteroatoms. The van der Waals surface area contributed by atoms with Crippen molar-refractivity contribution in [2.24, 2.45) is 5.41 Å². The molecule has 0 spiro atoms. The molecule has 1 N–H and O–H groups in total. The smallest absolute Gasteiger partial charge is 0.120 e. The molecule has 1 aromatic carbocycles. The molecule has 1 aliphatic carbocycles. The van der Waals surface area contributed by atoms with Gasteiger partial charge < -0.3 is 10.1 Å². The van der Waals surface area contributed by atoms with Crippen molar-refractivity contribution in [3.8, 4) is 5.75 Å². The summed E-state index contributed by atoms with van der Waals surface area (Å²) in [6.07, 6.45) is 2.50. The Morgan fingerprint density at radius 2 is 2.16 bits per heavy atom. The minimum atomic E-state index is 0.226. The van der Waals surface area contributed by atoms with E-state index < -0.39 is 0 Å². The van der Waals surface area contributed by atoms with Crippen molar-refractivity contribution in [2.75, 3.05) is 6.54 Å². The Hall–Kier alpha value is -0.730. The Labute approximate surface area is 121 Å². The molecule has 3 unspecified atom stereocenters. The normalized spacial score (nSPS) is 29.9. The fourth-order valence-electron chi connectivity index (χ4n) is 2.89. The van der Waals surface area contributed by atoms with Gasteiger partial charge in [-0.25, -0.2) is 0 Å². The highest BCUT2D eigenvalue weighted by atomic mass is 35.5. The summed E-state index contributed by atoms with van der Waals surface area (Å²) >= 11 is 6.05. The number of nitrogens with one attached hydrogen (secondary N) is 1. The maximum Gasteiger partial charge on any atom is 0.120 e. The van der Waals surface area contributed by atoms with Crippen LogP contribution >= 0.6 is 11.6 Å². The van der Waals surface area contributed by atoms with Crippen molar-refractivity contribution in [2.45, 2.75) is 52.7 Å². The molecule has 0 bridgehead atoms. The van der Waals surface area contributed by atoms with Gasteiger partial charge in [0.1, 0.15) is 11.9 Å². The van der Waals surface area contributed by atoms with E-state index in [4.69, 9.17) is 16.3 Å². The quantitative estimate of drug-likeness (QED) is 0.874. The molecule has 0 aliphatic heterocycles. The zero-order valence-electron chi connectivity index (χ0n) is 12.3. The first kappa shape index (κ1) is 14.7. The van der Waals surface area contributed by atoms with Crippen LogP contribution in [0.2, 0.25) is 5.02 Å². The first-order valence-corrected chi connectivity index (χ1v) is 7.55. The van der Waals surface area contributed by atoms with E-state index >= 15 is 0 Å². The van der Waals surface area contributed by atoms with E-state index in [1.807, 2.05) is 25.1 Å². The summed E-state index contributed by atoms with van der Waals surface area (Å²) in [7, 11) is 0. The number of hydrogen-bond donors (Lipinski definition) is 1. The third kappa shape index (κ3) is 2.75. The number of aryl methyl sites for hydroxylation is 1. The molecule has 1 saturated carbocycles. The van der Waals surface area contributed by atoms with Gasteiger partial charge in [-0.2, -0.15) is 0 Å². The molecule has 0 heterocycles. The summed E-state index contributed by atoms with van der Waals surface area (Å²) in [5.74, 6) is 0.932. The van der Waals surface area contributed by atoms with Crippen molar-refractivity contribution in [1.29, 1.82) is 0 Å². The predicted molar refractivity (Wildman–Crippen MR) is 81.1 cm³/mol. The molecule has 106 valence electrons. The van der Waals surface area contributed by atoms with Gasteiger partial charge in [0.2, 0.25) is 0 Å². The number of hydrogen-bond acceptors (Lipinski definition) is 2. The fraction of sp³-hybridized carbons (Fsp3) is 0.625. The maximum absolute atomic E-state index is 6.17. The van der Waals surface area contributed by atoms with Crippen LogP contribution in [-0.4, -0.2) is 18.7 Å². The van der Waals surface area contributed by atoms with Crippen LogP contribution in [0.3, 0.4) is 0 Å². The van der Waals surface area contributed by atoms with Gasteiger partial charge in [-0.15, -0.1) is 0 Å². The summed E-state index contributed by atoms with van der Waals surface area (Å²) in [6, 6.07) is 6.47. The second kappa shape index (κ2) is 5.72. The lowest BCUT2D eigenvalue weighted by atomic mass is 9.61. The molecule has 0 aromatic heterocycles. The number of benzene rings is 1. The van der Waals surface area contributed by atoms with Crippen molar-refractivity contribution >= 4 is 11.6 Å². The van der Waals surface area contributed by atoms with Crippen LogP contribution < -0.4 is 10.1 Å². The SMILES string of the molecule is CCNC1CC(Oc2ccc(Cl)c(C)c2)C1(C)CC. The predicted octanol–water partition coefficient (Wildman–Crippen LogP) is 4.19. The first-order valence-electron chi connectivity index (χ1n) is 7.17. The zero-order chi connectivity index (χ0) is 14.0. The van der Waals surface area contributed by atoms with E-state index in [0.717, 1.165) is 35.7 Å². The van der Waals surface area contributed by atoms with Gasteiger partial charge in [0, 0.05) is 22.9 Å². The lowest BCUT2D eigenvalue weighted by Crippen LogP contribution is -2.63. The summed E-state index contributed by atoms with van der Waals surface area (Å²) < 4.78 is 6.17. The molecule has 0 saturated heterocycles. The van der Waals surface area contributed by atoms with Crippen LogP contribution in [0.15, 0.2) is 18.2 Å². The van der Waals surface area contributed by atoms with Crippen LogP contribution in [0, 0.1) is 12.3 Å². The summed E-state index contributed by atoms with van der Waals surface area (Å²) in [5, 5.41) is 4.35. The Bertz CT molecular complexity index is 448. The third-order valence-corrected chi connectivity index (χ3v) is 5.03. The first-order chi connectivity index (χ1) is 9.01. The topological polar surface area (TPSA) is 21.3 Å². The Kier molecular flexibility index (Phi) is 4.42. The summed E-state index contributed by atoms with van der Waals surface area (Å²) in [4.78, 5) is 0. The van der Waals surface area contributed by atoms with Crippen LogP contribution in [0.1, 0.15) is 39.2 Å². The molecule has 2 nitrogen and oxygen atoms in total. The number of rotatable bonds is 5. The molecule has 3 atom stereocenters. The van der Waals surface area contributed by atoms with E-state index in [2.05, 4.69) is 26.1 Å². The summed E-state index contributed by atoms with van der Waals surface area (Å²) in [6.45, 7) is 9.75. The highest BCUT2D eigenvalue weighted by Gasteiger charge is 2.51. The summed E-state index contributed by atoms with van der Waals surface area (Å²) in [5.41, 5.74) is 1.30. The highest BCUT2D eigenvalue weighted by molar-refractivity contribution is 6.31. The van der Waals surface area contributed by atoms with E-state index in [0.29, 0.717) is 12.1 Å². The Balaban J connectivity index is 2.05. The van der Waals surface area contributed by atoms with Gasteiger partial charge in [-0.3, -0.25) is 0 Å². The fourth-order valence-corrected chi connectivity index (χ4v) is 3.01. The largest absolute Gasteiger partial charge is 0.490 e. The standard InChI is InChI=1S/C16H24ClNO/c1-5-16(4)14(18-6-2)10-15(16)19-12-7-8-13(17)11(3)9-12/h7-9,14-15,18H,5-6,10H2,1-4H3. The van der Waals surface area contributed by atoms with Crippen molar-refractivity contribution in [3.63, 3.8) is 0 Å². The Morgan fingerprint density at radius 3 is 2.74 bits per heavy atom. The third-order valence-electron chi connectivity index (χ3n) is 4.60. The average molecular weight is 282 g/mol. The molecule has 0 amide bonds. The molecular formula is C16H24ClNO. The van der Waals surface area contributed by atoms with Gasteiger partial charge in [0.15, 0.2) is 0 Å². The van der Waals surface area contributed by atoms with Crippen molar-refractivity contribution in [1.82, 2.24) is 5.32 Å². The van der Waals surface area contributed by atoms with Gasteiger partial charge in [-0.05, 0) is 43.7 Å². The molecule has 1 aliphatic rings. The lowest BCUT2D eigenvalue weighted by molar-refractivity contribution is -0.0697. The lowest BCUT2D eigenvalue weighted by Gasteiger charge is -2.53. The molecule has 1 aromatic rings. The van der Waals surface area contributed by atoms with E-state index in [1.165, 1.54) is 0 Å². The molecule has 1 fully saturated rings. The van der Waals surface area contributed by atoms with Crippen LogP contribution in [-0.2, 0) is 0 Å². The maximum atomic E-state index is 6.17. The second-order valence-corrected chi connectivity index (χ2v) is 6.13. The molecule has 2 rings (SSSR count). The van der Waals surface area contributed by atoms with Gasteiger partial charge >= 0.3 is 0 Å². The van der Waals surface area contributed by atoms with Crippen molar-refractivity contribution in [3.05, 3.63) is 28.8 Å². The highest BCUT2D eigenvalue weighted by Crippen LogP contribution is 2.46. The van der Waals surface area contributed by atoms with Crippen molar-refractivity contribution < 1.29 is 4.74 Å². The molecular weight excluding hydrogens is 258 g/mol. The van der Waals surface area contributed by atoms with Crippen LogP contribution in [0.5, 0.6) is 5.75 Å². The molecule has 0 radical (unpaired) electrons. The van der Waals surface area contributed by atoms with Gasteiger partial charge in [0.25, 0.3) is 0 Å². The zero-order valence-corrected chi connectivity index (χ0v) is 13.1. The molecule has 19 heavy (non-hydrogen) atoms.